The maximum absolute atomic E-state index is 13.0. The van der Waals surface area contributed by atoms with Crippen LogP contribution in [0.5, 0.6) is 0 Å². The lowest BCUT2D eigenvalue weighted by Gasteiger charge is -2.34. The summed E-state index contributed by atoms with van der Waals surface area (Å²) >= 11 is 0. The zero-order chi connectivity index (χ0) is 32.2. The van der Waals surface area contributed by atoms with Gasteiger partial charge in [0, 0.05) is 12.3 Å². The molecule has 0 unspecified atom stereocenters. The maximum Gasteiger partial charge on any atom is 0.407 e. The van der Waals surface area contributed by atoms with Gasteiger partial charge in [-0.1, -0.05) is 140 Å². The third-order valence-corrected chi connectivity index (χ3v) is 8.65. The predicted octanol–water partition coefficient (Wildman–Crippen LogP) is 6.05. The quantitative estimate of drug-likeness (QED) is 0.179. The fourth-order valence-electron chi connectivity index (χ4n) is 6.52. The van der Waals surface area contributed by atoms with Crippen LogP contribution in [-0.2, 0) is 21.5 Å². The number of ether oxygens (including phenoxy) is 1. The third kappa shape index (κ3) is 5.52. The summed E-state index contributed by atoms with van der Waals surface area (Å²) in [5.41, 5.74) is 6.02. The number of carboxylic acids is 1. The van der Waals surface area contributed by atoms with Gasteiger partial charge in [0.05, 0.1) is 0 Å². The van der Waals surface area contributed by atoms with Crippen molar-refractivity contribution in [3.8, 4) is 11.1 Å². The largest absolute Gasteiger partial charge is 0.480 e. The van der Waals surface area contributed by atoms with E-state index in [0.29, 0.717) is 0 Å². The number of alkyl carbamates (subject to hydrolysis) is 1. The normalized spacial score (nSPS) is 12.9. The zero-order valence-electron chi connectivity index (χ0n) is 25.3. The molecule has 0 aliphatic heterocycles. The van der Waals surface area contributed by atoms with Crippen LogP contribution in [-0.4, -0.2) is 50.0 Å². The molecular formula is C38H31N5O4. The molecule has 0 fully saturated rings. The Balaban J connectivity index is 1.14. The molecular weight excluding hydrogens is 590 g/mol. The number of amides is 1. The Labute approximate surface area is 271 Å². The minimum absolute atomic E-state index is 0.0639. The van der Waals surface area contributed by atoms with E-state index in [1.54, 1.807) is 0 Å². The lowest BCUT2D eigenvalue weighted by atomic mass is 9.77. The average molecular weight is 622 g/mol. The summed E-state index contributed by atoms with van der Waals surface area (Å²) in [4.78, 5) is 26.9. The van der Waals surface area contributed by atoms with Gasteiger partial charge in [0.15, 0.2) is 11.4 Å². The molecule has 9 nitrogen and oxygen atoms in total. The van der Waals surface area contributed by atoms with E-state index in [0.717, 1.165) is 38.9 Å². The van der Waals surface area contributed by atoms with E-state index < -0.39 is 23.6 Å². The van der Waals surface area contributed by atoms with Gasteiger partial charge in [0.2, 0.25) is 0 Å². The van der Waals surface area contributed by atoms with Crippen molar-refractivity contribution >= 4 is 12.1 Å². The van der Waals surface area contributed by atoms with Gasteiger partial charge in [-0.3, -0.25) is 0 Å². The Kier molecular flexibility index (Phi) is 8.02. The zero-order valence-corrected chi connectivity index (χ0v) is 25.3. The first-order valence-electron chi connectivity index (χ1n) is 15.4. The summed E-state index contributed by atoms with van der Waals surface area (Å²) in [5.74, 6) is -1.24. The number of rotatable bonds is 10. The van der Waals surface area contributed by atoms with E-state index in [2.05, 4.69) is 27.8 Å². The van der Waals surface area contributed by atoms with Gasteiger partial charge in [-0.25, -0.2) is 9.59 Å². The number of carbonyl (C=O) groups is 2. The van der Waals surface area contributed by atoms with E-state index >= 15 is 0 Å². The summed E-state index contributed by atoms with van der Waals surface area (Å²) in [6, 6.07) is 44.2. The van der Waals surface area contributed by atoms with Crippen LogP contribution in [0.4, 0.5) is 4.79 Å². The Morgan fingerprint density at radius 1 is 0.723 bits per heavy atom. The average Bonchev–Trinajstić information content (AvgIpc) is 3.71. The van der Waals surface area contributed by atoms with Crippen LogP contribution in [0, 0.1) is 0 Å². The molecule has 5 aromatic carbocycles. The van der Waals surface area contributed by atoms with E-state index in [4.69, 9.17) is 9.84 Å². The number of carboxylic acid groups (broad SMARTS) is 1. The van der Waals surface area contributed by atoms with E-state index in [1.807, 2.05) is 127 Å². The lowest BCUT2D eigenvalue weighted by Crippen LogP contribution is -2.43. The number of hydrogen-bond donors (Lipinski definition) is 2. The van der Waals surface area contributed by atoms with Crippen molar-refractivity contribution < 1.29 is 19.4 Å². The Morgan fingerprint density at radius 3 is 1.68 bits per heavy atom. The number of tetrazole rings is 1. The molecule has 0 saturated carbocycles. The SMILES string of the molecule is O=C(N[C@@H](Cc1nnn(C(c2ccccc2)(c2ccccc2)c2ccccc2)n1)C(=O)O)OCC1c2ccccc2-c2ccccc21. The molecule has 1 aromatic heterocycles. The molecule has 232 valence electrons. The van der Waals surface area contributed by atoms with Crippen LogP contribution in [0.1, 0.15) is 39.6 Å². The monoisotopic (exact) mass is 621 g/mol. The summed E-state index contributed by atoms with van der Waals surface area (Å²) in [6.45, 7) is 0.0639. The van der Waals surface area contributed by atoms with Crippen molar-refractivity contribution in [1.29, 1.82) is 0 Å². The van der Waals surface area contributed by atoms with Crippen LogP contribution in [0.2, 0.25) is 0 Å². The second-order valence-corrected chi connectivity index (χ2v) is 11.4. The van der Waals surface area contributed by atoms with Gasteiger partial charge in [-0.05, 0) is 44.2 Å². The number of aliphatic carboxylic acids is 1. The lowest BCUT2D eigenvalue weighted by molar-refractivity contribution is -0.139. The van der Waals surface area contributed by atoms with Crippen LogP contribution in [0.25, 0.3) is 11.1 Å². The van der Waals surface area contributed by atoms with Crippen molar-refractivity contribution in [2.75, 3.05) is 6.61 Å². The molecule has 0 bridgehead atoms. The first kappa shape index (κ1) is 29.6. The standard InChI is InChI=1S/C38H31N5O4/c44-36(45)34(39-37(46)47-25-33-31-22-12-10-20-29(31)30-21-11-13-23-32(30)33)24-35-40-42-43(41-35)38(26-14-4-1-5-15-26,27-16-6-2-7-17-27)28-18-8-3-9-19-28/h1-23,33-34H,24-25H2,(H,39,46)(H,44,45)/t34-/m0/s1. The molecule has 0 spiro atoms. The second-order valence-electron chi connectivity index (χ2n) is 11.4. The molecule has 6 aromatic rings. The maximum atomic E-state index is 13.0. The molecule has 47 heavy (non-hydrogen) atoms. The summed E-state index contributed by atoms with van der Waals surface area (Å²) < 4.78 is 5.62. The Hall–Kier alpha value is -6.09. The van der Waals surface area contributed by atoms with Crippen molar-refractivity contribution in [2.24, 2.45) is 0 Å². The van der Waals surface area contributed by atoms with Crippen LogP contribution < -0.4 is 5.32 Å². The van der Waals surface area contributed by atoms with Gasteiger partial charge in [0.1, 0.15) is 12.6 Å². The first-order chi connectivity index (χ1) is 23.1. The summed E-state index contributed by atoms with van der Waals surface area (Å²) in [7, 11) is 0. The number of fused-ring (bicyclic) bond motifs is 3. The van der Waals surface area contributed by atoms with Gasteiger partial charge in [-0.2, -0.15) is 0 Å². The van der Waals surface area contributed by atoms with Crippen LogP contribution >= 0.6 is 0 Å². The number of aromatic nitrogens is 4. The topological polar surface area (TPSA) is 119 Å². The molecule has 1 amide bonds. The van der Waals surface area contributed by atoms with Gasteiger partial charge >= 0.3 is 12.1 Å². The fraction of sp³-hybridized carbons (Fsp3) is 0.132. The highest BCUT2D eigenvalue weighted by molar-refractivity contribution is 5.81. The van der Waals surface area contributed by atoms with E-state index in [-0.39, 0.29) is 24.8 Å². The number of nitrogens with one attached hydrogen (secondary N) is 1. The molecule has 1 atom stereocenters. The van der Waals surface area contributed by atoms with Gasteiger partial charge < -0.3 is 15.2 Å². The van der Waals surface area contributed by atoms with Crippen LogP contribution in [0.15, 0.2) is 140 Å². The molecule has 1 heterocycles. The molecule has 0 radical (unpaired) electrons. The van der Waals surface area contributed by atoms with Crippen LogP contribution in [0.3, 0.4) is 0 Å². The smallest absolute Gasteiger partial charge is 0.407 e. The second kappa shape index (κ2) is 12.7. The van der Waals surface area contributed by atoms with E-state index in [1.165, 1.54) is 4.80 Å². The van der Waals surface area contributed by atoms with Crippen molar-refractivity contribution in [3.05, 3.63) is 173 Å². The summed E-state index contributed by atoms with van der Waals surface area (Å²) in [6.07, 6.45) is -1.03. The minimum atomic E-state index is -1.34. The van der Waals surface area contributed by atoms with Crippen molar-refractivity contribution in [1.82, 2.24) is 25.5 Å². The molecule has 7 rings (SSSR count). The minimum Gasteiger partial charge on any atom is -0.480 e. The Bertz CT molecular complexity index is 1870. The van der Waals surface area contributed by atoms with Gasteiger partial charge in [-0.15, -0.1) is 15.0 Å². The number of carbonyl (C=O) groups excluding carboxylic acids is 1. The molecule has 9 heteroatoms. The Morgan fingerprint density at radius 2 is 1.19 bits per heavy atom. The molecule has 1 aliphatic rings. The molecule has 0 saturated heterocycles. The van der Waals surface area contributed by atoms with E-state index in [9.17, 15) is 14.7 Å². The molecule has 2 N–H and O–H groups in total. The van der Waals surface area contributed by atoms with Gasteiger partial charge in [0.25, 0.3) is 0 Å². The number of nitrogens with zero attached hydrogens (tertiary/aromatic N) is 4. The fourth-order valence-corrected chi connectivity index (χ4v) is 6.52. The number of hydrogen-bond acceptors (Lipinski definition) is 6. The summed E-state index contributed by atoms with van der Waals surface area (Å²) in [5, 5.41) is 26.1. The molecule has 1 aliphatic carbocycles. The first-order valence-corrected chi connectivity index (χ1v) is 15.4. The third-order valence-electron chi connectivity index (χ3n) is 8.65. The number of benzene rings is 5. The highest BCUT2D eigenvalue weighted by Crippen LogP contribution is 2.44. The highest BCUT2D eigenvalue weighted by Gasteiger charge is 2.41. The highest BCUT2D eigenvalue weighted by atomic mass is 16.5. The van der Waals surface area contributed by atoms with Crippen molar-refractivity contribution in [3.63, 3.8) is 0 Å². The predicted molar refractivity (Wildman–Crippen MR) is 176 cm³/mol. The van der Waals surface area contributed by atoms with Crippen molar-refractivity contribution in [2.45, 2.75) is 23.9 Å².